The molecule has 29 heavy (non-hydrogen) atoms. The lowest BCUT2D eigenvalue weighted by atomic mass is 10.0. The molecule has 1 rings (SSSR count). The molecular formula is C24H38FNO3. The Hall–Kier alpha value is -2.04. The van der Waals surface area contributed by atoms with Crippen molar-refractivity contribution >= 4 is 23.0 Å². The van der Waals surface area contributed by atoms with Crippen LogP contribution in [0.5, 0.6) is 0 Å². The average molecular weight is 408 g/mol. The van der Waals surface area contributed by atoms with Crippen LogP contribution in [0.25, 0.3) is 0 Å². The van der Waals surface area contributed by atoms with Crippen molar-refractivity contribution in [3.63, 3.8) is 0 Å². The smallest absolute Gasteiger partial charge is 0.154 e. The van der Waals surface area contributed by atoms with Gasteiger partial charge in [-0.3, -0.25) is 9.59 Å². The molecule has 0 aliphatic carbocycles. The summed E-state index contributed by atoms with van der Waals surface area (Å²) in [5.41, 5.74) is 1.13. The topological polar surface area (TPSA) is 63.2 Å². The molecule has 164 valence electrons. The summed E-state index contributed by atoms with van der Waals surface area (Å²) in [6.45, 7) is 11.3. The average Bonchev–Trinajstić information content (AvgIpc) is 2.66. The molecule has 0 aromatic heterocycles. The van der Waals surface area contributed by atoms with Gasteiger partial charge in [0.2, 0.25) is 0 Å². The van der Waals surface area contributed by atoms with Gasteiger partial charge < -0.3 is 10.1 Å². The number of carbonyl (C=O) groups is 3. The van der Waals surface area contributed by atoms with E-state index in [0.717, 1.165) is 25.7 Å². The highest BCUT2D eigenvalue weighted by atomic mass is 19.1. The molecule has 0 saturated carbocycles. The summed E-state index contributed by atoms with van der Waals surface area (Å²) in [6.07, 6.45) is 4.78. The third-order valence-corrected chi connectivity index (χ3v) is 4.56. The molecule has 1 N–H and O–H groups in total. The first-order valence-corrected chi connectivity index (χ1v) is 10.7. The van der Waals surface area contributed by atoms with E-state index in [2.05, 4.69) is 19.2 Å². The van der Waals surface area contributed by atoms with Crippen LogP contribution in [0.15, 0.2) is 18.2 Å². The quantitative estimate of drug-likeness (QED) is 0.458. The number of hydrogen-bond acceptors (Lipinski definition) is 4. The monoisotopic (exact) mass is 407 g/mol. The number of nitrogens with one attached hydrogen (secondary N) is 1. The molecule has 0 spiro atoms. The SMILES string of the molecule is CCC(=O)C(CCC(C)=O)Nc1ccc(C)c(F)c1.CCCC(=O)CCC(C)C. The molecule has 4 nitrogen and oxygen atoms in total. The number of carbonyl (C=O) groups excluding carboxylic acids is 3. The predicted molar refractivity (Wildman–Crippen MR) is 118 cm³/mol. The molecule has 1 atom stereocenters. The Bertz CT molecular complexity index is 656. The van der Waals surface area contributed by atoms with Crippen LogP contribution >= 0.6 is 0 Å². The first-order chi connectivity index (χ1) is 13.6. The predicted octanol–water partition coefficient (Wildman–Crippen LogP) is 6.05. The fraction of sp³-hybridized carbons (Fsp3) is 0.625. The van der Waals surface area contributed by atoms with E-state index >= 15 is 0 Å². The van der Waals surface area contributed by atoms with E-state index in [1.807, 2.05) is 6.92 Å². The van der Waals surface area contributed by atoms with Gasteiger partial charge in [0.1, 0.15) is 17.4 Å². The summed E-state index contributed by atoms with van der Waals surface area (Å²) >= 11 is 0. The van der Waals surface area contributed by atoms with Crippen LogP contribution in [-0.4, -0.2) is 23.4 Å². The first-order valence-electron chi connectivity index (χ1n) is 10.7. The molecule has 0 bridgehead atoms. The van der Waals surface area contributed by atoms with Crippen LogP contribution in [0, 0.1) is 18.7 Å². The third-order valence-electron chi connectivity index (χ3n) is 4.56. The Morgan fingerprint density at radius 1 is 1.03 bits per heavy atom. The maximum atomic E-state index is 13.4. The number of benzene rings is 1. The zero-order valence-electron chi connectivity index (χ0n) is 18.9. The van der Waals surface area contributed by atoms with Crippen LogP contribution in [0.1, 0.15) is 85.1 Å². The summed E-state index contributed by atoms with van der Waals surface area (Å²) < 4.78 is 13.4. The molecule has 1 unspecified atom stereocenters. The number of ketones is 3. The minimum atomic E-state index is -0.434. The van der Waals surface area contributed by atoms with Crippen molar-refractivity contribution in [2.45, 2.75) is 92.5 Å². The van der Waals surface area contributed by atoms with E-state index in [0.29, 0.717) is 42.2 Å². The van der Waals surface area contributed by atoms with Gasteiger partial charge in [0.15, 0.2) is 5.78 Å². The van der Waals surface area contributed by atoms with Gasteiger partial charge in [0.25, 0.3) is 0 Å². The van der Waals surface area contributed by atoms with Gasteiger partial charge >= 0.3 is 0 Å². The van der Waals surface area contributed by atoms with Gasteiger partial charge in [-0.1, -0.05) is 33.8 Å². The lowest BCUT2D eigenvalue weighted by Crippen LogP contribution is -2.29. The van der Waals surface area contributed by atoms with Crippen LogP contribution < -0.4 is 5.32 Å². The number of hydrogen-bond donors (Lipinski definition) is 1. The van der Waals surface area contributed by atoms with Crippen molar-refractivity contribution in [2.24, 2.45) is 5.92 Å². The van der Waals surface area contributed by atoms with Gasteiger partial charge in [0, 0.05) is 31.4 Å². The van der Waals surface area contributed by atoms with Crippen LogP contribution in [0.4, 0.5) is 10.1 Å². The molecule has 1 aromatic rings. The zero-order valence-corrected chi connectivity index (χ0v) is 18.9. The third kappa shape index (κ3) is 12.9. The molecule has 0 heterocycles. The maximum absolute atomic E-state index is 13.4. The molecule has 5 heteroatoms. The Morgan fingerprint density at radius 2 is 1.69 bits per heavy atom. The Balaban J connectivity index is 0.000000665. The summed E-state index contributed by atoms with van der Waals surface area (Å²) in [5, 5.41) is 3.01. The summed E-state index contributed by atoms with van der Waals surface area (Å²) in [5.74, 6) is 0.865. The van der Waals surface area contributed by atoms with E-state index in [4.69, 9.17) is 0 Å². The summed E-state index contributed by atoms with van der Waals surface area (Å²) in [6, 6.07) is 4.34. The Kier molecular flexibility index (Phi) is 13.8. The second-order valence-corrected chi connectivity index (χ2v) is 7.94. The second-order valence-electron chi connectivity index (χ2n) is 7.94. The van der Waals surface area contributed by atoms with Gasteiger partial charge in [0.05, 0.1) is 6.04 Å². The van der Waals surface area contributed by atoms with Crippen molar-refractivity contribution < 1.29 is 18.8 Å². The first kappa shape index (κ1) is 27.0. The lowest BCUT2D eigenvalue weighted by molar-refractivity contribution is -0.120. The van der Waals surface area contributed by atoms with Crippen molar-refractivity contribution in [3.05, 3.63) is 29.6 Å². The van der Waals surface area contributed by atoms with Gasteiger partial charge in [-0.2, -0.15) is 0 Å². The molecule has 0 saturated heterocycles. The van der Waals surface area contributed by atoms with Crippen molar-refractivity contribution in [1.29, 1.82) is 0 Å². The largest absolute Gasteiger partial charge is 0.375 e. The standard InChI is InChI=1S/C15H20FNO2.C9H18O/c1-4-15(19)14(8-6-11(3)18)17-12-7-5-10(2)13(16)9-12;1-4-5-9(10)7-6-8(2)3/h5,7,9,14,17H,4,6,8H2,1-3H3;8H,4-7H2,1-3H3. The van der Waals surface area contributed by atoms with E-state index in [1.165, 1.54) is 13.0 Å². The molecule has 0 aliphatic heterocycles. The highest BCUT2D eigenvalue weighted by Gasteiger charge is 2.17. The van der Waals surface area contributed by atoms with Crippen LogP contribution in [0.2, 0.25) is 0 Å². The fourth-order valence-corrected chi connectivity index (χ4v) is 2.64. The number of anilines is 1. The number of rotatable bonds is 12. The zero-order chi connectivity index (χ0) is 22.4. The number of aryl methyl sites for hydroxylation is 1. The molecule has 0 aliphatic rings. The Morgan fingerprint density at radius 3 is 2.17 bits per heavy atom. The van der Waals surface area contributed by atoms with Gasteiger partial charge in [-0.25, -0.2) is 4.39 Å². The van der Waals surface area contributed by atoms with E-state index in [-0.39, 0.29) is 17.4 Å². The summed E-state index contributed by atoms with van der Waals surface area (Å²) in [4.78, 5) is 33.8. The van der Waals surface area contributed by atoms with E-state index < -0.39 is 6.04 Å². The molecular weight excluding hydrogens is 369 g/mol. The van der Waals surface area contributed by atoms with Crippen molar-refractivity contribution in [2.75, 3.05) is 5.32 Å². The van der Waals surface area contributed by atoms with Crippen LogP contribution in [0.3, 0.4) is 0 Å². The number of Topliss-reactive ketones (excluding diaryl/α,β-unsaturated/α-hetero) is 3. The van der Waals surface area contributed by atoms with Gasteiger partial charge in [-0.15, -0.1) is 0 Å². The minimum absolute atomic E-state index is 0.0298. The van der Waals surface area contributed by atoms with Crippen molar-refractivity contribution in [1.82, 2.24) is 0 Å². The molecule has 1 aromatic carbocycles. The molecule has 0 fully saturated rings. The van der Waals surface area contributed by atoms with Gasteiger partial charge in [-0.05, 0) is 56.7 Å². The molecule has 0 amide bonds. The highest BCUT2D eigenvalue weighted by molar-refractivity contribution is 5.87. The maximum Gasteiger partial charge on any atom is 0.154 e. The number of halogens is 1. The highest BCUT2D eigenvalue weighted by Crippen LogP contribution is 2.17. The molecule has 0 radical (unpaired) electrons. The lowest BCUT2D eigenvalue weighted by Gasteiger charge is -2.18. The second kappa shape index (κ2) is 14.9. The Labute approximate surface area is 175 Å². The van der Waals surface area contributed by atoms with E-state index in [1.54, 1.807) is 26.0 Å². The van der Waals surface area contributed by atoms with Crippen LogP contribution in [-0.2, 0) is 14.4 Å². The van der Waals surface area contributed by atoms with E-state index in [9.17, 15) is 18.8 Å². The van der Waals surface area contributed by atoms with Crippen molar-refractivity contribution in [3.8, 4) is 0 Å². The minimum Gasteiger partial charge on any atom is -0.375 e. The normalized spacial score (nSPS) is 11.4. The summed E-state index contributed by atoms with van der Waals surface area (Å²) in [7, 11) is 0. The fourth-order valence-electron chi connectivity index (χ4n) is 2.64.